The molecular formula is C12H18N2O. The monoisotopic (exact) mass is 206 g/mol. The van der Waals surface area contributed by atoms with Crippen LogP contribution in [-0.4, -0.2) is 18.0 Å². The molecule has 2 aliphatic carbocycles. The molecule has 0 aliphatic heterocycles. The molecule has 2 rings (SSSR count). The maximum atomic E-state index is 11.6. The summed E-state index contributed by atoms with van der Waals surface area (Å²) in [5.41, 5.74) is 5.65. The smallest absolute Gasteiger partial charge is 0.238 e. The fourth-order valence-corrected chi connectivity index (χ4v) is 2.93. The number of terminal acetylenes is 1. The van der Waals surface area contributed by atoms with Crippen molar-refractivity contribution >= 4 is 5.91 Å². The lowest BCUT2D eigenvalue weighted by molar-refractivity contribution is -0.123. The summed E-state index contributed by atoms with van der Waals surface area (Å²) >= 11 is 0. The van der Waals surface area contributed by atoms with Crippen LogP contribution in [0.2, 0.25) is 0 Å². The van der Waals surface area contributed by atoms with Crippen LogP contribution in [0.5, 0.6) is 0 Å². The molecule has 0 heterocycles. The van der Waals surface area contributed by atoms with Crippen molar-refractivity contribution < 1.29 is 4.79 Å². The van der Waals surface area contributed by atoms with Crippen LogP contribution in [-0.2, 0) is 4.79 Å². The van der Waals surface area contributed by atoms with Gasteiger partial charge in [-0.05, 0) is 31.1 Å². The average molecular weight is 206 g/mol. The summed E-state index contributed by atoms with van der Waals surface area (Å²) in [5, 5.41) is 3.04. The standard InChI is InChI=1S/C12H18N2O/c1-2-3-10(13)12(15)14-11-7-8-4-5-9(11)6-8/h1,8-11H,3-7,13H2,(H,14,15). The molecule has 2 aliphatic rings. The van der Waals surface area contributed by atoms with E-state index in [-0.39, 0.29) is 5.91 Å². The molecule has 4 atom stereocenters. The van der Waals surface area contributed by atoms with Gasteiger partial charge in [-0.25, -0.2) is 0 Å². The van der Waals surface area contributed by atoms with Gasteiger partial charge in [-0.3, -0.25) is 4.79 Å². The van der Waals surface area contributed by atoms with E-state index in [2.05, 4.69) is 11.2 Å². The van der Waals surface area contributed by atoms with Crippen LogP contribution in [0.1, 0.15) is 32.1 Å². The van der Waals surface area contributed by atoms with Crippen LogP contribution in [0.15, 0.2) is 0 Å². The van der Waals surface area contributed by atoms with E-state index in [1.807, 2.05) is 0 Å². The first kappa shape index (κ1) is 10.5. The zero-order chi connectivity index (χ0) is 10.8. The maximum absolute atomic E-state index is 11.6. The molecule has 2 bridgehead atoms. The Kier molecular flexibility index (Phi) is 2.97. The van der Waals surface area contributed by atoms with Crippen molar-refractivity contribution in [2.45, 2.75) is 44.2 Å². The number of amides is 1. The first-order chi connectivity index (χ1) is 7.20. The Hall–Kier alpha value is -1.01. The predicted molar refractivity (Wildman–Crippen MR) is 58.8 cm³/mol. The second-order valence-electron chi connectivity index (χ2n) is 4.80. The lowest BCUT2D eigenvalue weighted by atomic mass is 9.95. The second-order valence-corrected chi connectivity index (χ2v) is 4.80. The van der Waals surface area contributed by atoms with Crippen LogP contribution in [0.25, 0.3) is 0 Å². The number of carbonyl (C=O) groups excluding carboxylic acids is 1. The van der Waals surface area contributed by atoms with Gasteiger partial charge in [-0.2, -0.15) is 0 Å². The molecule has 3 nitrogen and oxygen atoms in total. The Morgan fingerprint density at radius 3 is 2.87 bits per heavy atom. The summed E-state index contributed by atoms with van der Waals surface area (Å²) in [5.74, 6) is 3.87. The molecule has 3 heteroatoms. The van der Waals surface area contributed by atoms with Gasteiger partial charge in [0.05, 0.1) is 6.04 Å². The van der Waals surface area contributed by atoms with Crippen molar-refractivity contribution in [3.8, 4) is 12.3 Å². The number of hydrogen-bond acceptors (Lipinski definition) is 2. The molecule has 82 valence electrons. The van der Waals surface area contributed by atoms with Crippen molar-refractivity contribution in [1.82, 2.24) is 5.32 Å². The minimum absolute atomic E-state index is 0.0782. The van der Waals surface area contributed by atoms with Crippen molar-refractivity contribution in [2.75, 3.05) is 0 Å². The molecule has 0 spiro atoms. The van der Waals surface area contributed by atoms with Crippen LogP contribution in [0, 0.1) is 24.2 Å². The molecule has 0 saturated heterocycles. The molecule has 0 radical (unpaired) electrons. The van der Waals surface area contributed by atoms with E-state index in [4.69, 9.17) is 12.2 Å². The number of carbonyl (C=O) groups is 1. The summed E-state index contributed by atoms with van der Waals surface area (Å²) < 4.78 is 0. The van der Waals surface area contributed by atoms with Gasteiger partial charge in [0.1, 0.15) is 0 Å². The van der Waals surface area contributed by atoms with E-state index in [1.165, 1.54) is 19.3 Å². The highest BCUT2D eigenvalue weighted by Gasteiger charge is 2.40. The minimum atomic E-state index is -0.533. The third kappa shape index (κ3) is 2.15. The van der Waals surface area contributed by atoms with Crippen molar-refractivity contribution in [2.24, 2.45) is 17.6 Å². The molecular weight excluding hydrogens is 188 g/mol. The Labute approximate surface area is 90.8 Å². The first-order valence-electron chi connectivity index (χ1n) is 5.70. The maximum Gasteiger partial charge on any atom is 0.238 e. The molecule has 1 amide bonds. The number of rotatable bonds is 3. The van der Waals surface area contributed by atoms with E-state index in [0.29, 0.717) is 18.4 Å². The highest BCUT2D eigenvalue weighted by Crippen LogP contribution is 2.44. The Balaban J connectivity index is 1.82. The number of hydrogen-bond donors (Lipinski definition) is 2. The van der Waals surface area contributed by atoms with Gasteiger partial charge in [0.2, 0.25) is 5.91 Å². The summed E-state index contributed by atoms with van der Waals surface area (Å²) in [7, 11) is 0. The fraction of sp³-hybridized carbons (Fsp3) is 0.750. The van der Waals surface area contributed by atoms with Gasteiger partial charge in [0.15, 0.2) is 0 Å². The minimum Gasteiger partial charge on any atom is -0.352 e. The van der Waals surface area contributed by atoms with Gasteiger partial charge in [-0.1, -0.05) is 6.42 Å². The third-order valence-electron chi connectivity index (χ3n) is 3.74. The van der Waals surface area contributed by atoms with Crippen molar-refractivity contribution in [3.63, 3.8) is 0 Å². The van der Waals surface area contributed by atoms with Crippen LogP contribution >= 0.6 is 0 Å². The predicted octanol–water partition coefficient (Wildman–Crippen LogP) is 0.642. The zero-order valence-corrected chi connectivity index (χ0v) is 8.91. The number of nitrogens with two attached hydrogens (primary N) is 1. The lowest BCUT2D eigenvalue weighted by Crippen LogP contribution is -2.47. The lowest BCUT2D eigenvalue weighted by Gasteiger charge is -2.24. The van der Waals surface area contributed by atoms with Crippen molar-refractivity contribution in [3.05, 3.63) is 0 Å². The molecule has 2 fully saturated rings. The van der Waals surface area contributed by atoms with E-state index in [0.717, 1.165) is 12.3 Å². The first-order valence-corrected chi connectivity index (χ1v) is 5.70. The SMILES string of the molecule is C#CCC(N)C(=O)NC1CC2CCC1C2. The highest BCUT2D eigenvalue weighted by atomic mass is 16.2. The normalized spacial score (nSPS) is 34.8. The summed E-state index contributed by atoms with van der Waals surface area (Å²) in [6.07, 6.45) is 10.5. The van der Waals surface area contributed by atoms with Crippen LogP contribution in [0.3, 0.4) is 0 Å². The van der Waals surface area contributed by atoms with E-state index < -0.39 is 6.04 Å². The summed E-state index contributed by atoms with van der Waals surface area (Å²) in [6, 6.07) is -0.172. The second kappa shape index (κ2) is 4.24. The van der Waals surface area contributed by atoms with Gasteiger partial charge in [-0.15, -0.1) is 12.3 Å². The van der Waals surface area contributed by atoms with Crippen molar-refractivity contribution in [1.29, 1.82) is 0 Å². The van der Waals surface area contributed by atoms with E-state index >= 15 is 0 Å². The van der Waals surface area contributed by atoms with E-state index in [1.54, 1.807) is 0 Å². The molecule has 4 unspecified atom stereocenters. The molecule has 15 heavy (non-hydrogen) atoms. The average Bonchev–Trinajstić information content (AvgIpc) is 2.79. The topological polar surface area (TPSA) is 55.1 Å². The third-order valence-corrected chi connectivity index (χ3v) is 3.74. The Morgan fingerprint density at radius 1 is 1.53 bits per heavy atom. The molecule has 3 N–H and O–H groups in total. The molecule has 0 aromatic heterocycles. The van der Waals surface area contributed by atoms with Gasteiger partial charge >= 0.3 is 0 Å². The van der Waals surface area contributed by atoms with Gasteiger partial charge in [0, 0.05) is 12.5 Å². The van der Waals surface area contributed by atoms with Gasteiger partial charge < -0.3 is 11.1 Å². The quantitative estimate of drug-likeness (QED) is 0.666. The zero-order valence-electron chi connectivity index (χ0n) is 8.91. The van der Waals surface area contributed by atoms with Crippen LogP contribution < -0.4 is 11.1 Å². The summed E-state index contributed by atoms with van der Waals surface area (Å²) in [6.45, 7) is 0. The number of nitrogens with one attached hydrogen (secondary N) is 1. The van der Waals surface area contributed by atoms with Crippen LogP contribution in [0.4, 0.5) is 0 Å². The number of fused-ring (bicyclic) bond motifs is 2. The molecule has 0 aromatic rings. The Bertz CT molecular complexity index is 294. The Morgan fingerprint density at radius 2 is 2.33 bits per heavy atom. The summed E-state index contributed by atoms with van der Waals surface area (Å²) in [4.78, 5) is 11.6. The fourth-order valence-electron chi connectivity index (χ4n) is 2.93. The molecule has 0 aromatic carbocycles. The molecule has 2 saturated carbocycles. The highest BCUT2D eigenvalue weighted by molar-refractivity contribution is 5.82. The van der Waals surface area contributed by atoms with E-state index in [9.17, 15) is 4.79 Å². The van der Waals surface area contributed by atoms with Gasteiger partial charge in [0.25, 0.3) is 0 Å². The largest absolute Gasteiger partial charge is 0.352 e.